The molecule has 1 saturated carbocycles. The highest BCUT2D eigenvalue weighted by atomic mass is 32.2. The van der Waals surface area contributed by atoms with E-state index in [9.17, 15) is 8.42 Å². The number of nitrogens with one attached hydrogen (secondary N) is 1. The van der Waals surface area contributed by atoms with E-state index in [1.807, 2.05) is 0 Å². The normalized spacial score (nSPS) is 17.4. The minimum absolute atomic E-state index is 0.241. The van der Waals surface area contributed by atoms with Gasteiger partial charge in [-0.05, 0) is 31.7 Å². The molecule has 20 heavy (non-hydrogen) atoms. The number of hydrogen-bond acceptors (Lipinski definition) is 4. The molecule has 7 heteroatoms. The highest BCUT2D eigenvalue weighted by Gasteiger charge is 2.20. The fourth-order valence-electron chi connectivity index (χ4n) is 2.56. The molecule has 3 N–H and O–H groups in total. The molecule has 1 aliphatic rings. The van der Waals surface area contributed by atoms with Gasteiger partial charge in [0.1, 0.15) is 4.90 Å². The Hall–Kier alpha value is -0.920. The average molecular weight is 300 g/mol. The van der Waals surface area contributed by atoms with Crippen LogP contribution in [0.5, 0.6) is 0 Å². The highest BCUT2D eigenvalue weighted by molar-refractivity contribution is 7.89. The zero-order valence-electron chi connectivity index (χ0n) is 11.8. The van der Waals surface area contributed by atoms with Gasteiger partial charge in [0.05, 0.1) is 6.20 Å². The molecule has 0 amide bonds. The number of aryl methyl sites for hydroxylation is 1. The second-order valence-corrected chi connectivity index (χ2v) is 7.20. The standard InChI is InChI=1S/C13H24N4O2S/c14-7-4-8-17-11-13(10-15-17)20(18,19)16-9-12-5-2-1-3-6-12/h10-12,16H,1-9,14H2. The molecule has 1 heterocycles. The predicted molar refractivity (Wildman–Crippen MR) is 77.7 cm³/mol. The van der Waals surface area contributed by atoms with Crippen LogP contribution in [0, 0.1) is 5.92 Å². The molecule has 0 atom stereocenters. The number of hydrogen-bond donors (Lipinski definition) is 2. The lowest BCUT2D eigenvalue weighted by Crippen LogP contribution is -2.30. The van der Waals surface area contributed by atoms with Crippen molar-refractivity contribution in [2.24, 2.45) is 11.7 Å². The van der Waals surface area contributed by atoms with Crippen molar-refractivity contribution in [3.63, 3.8) is 0 Å². The van der Waals surface area contributed by atoms with Crippen LogP contribution in [0.25, 0.3) is 0 Å². The van der Waals surface area contributed by atoms with E-state index < -0.39 is 10.0 Å². The van der Waals surface area contributed by atoms with Crippen LogP contribution in [0.2, 0.25) is 0 Å². The van der Waals surface area contributed by atoms with E-state index in [-0.39, 0.29) is 4.90 Å². The van der Waals surface area contributed by atoms with E-state index in [1.54, 1.807) is 10.9 Å². The fourth-order valence-corrected chi connectivity index (χ4v) is 3.63. The third-order valence-electron chi connectivity index (χ3n) is 3.80. The van der Waals surface area contributed by atoms with E-state index in [4.69, 9.17) is 5.73 Å². The molecule has 0 spiro atoms. The monoisotopic (exact) mass is 300 g/mol. The van der Waals surface area contributed by atoms with Crippen LogP contribution >= 0.6 is 0 Å². The summed E-state index contributed by atoms with van der Waals surface area (Å²) in [6.07, 6.45) is 9.70. The smallest absolute Gasteiger partial charge is 0.243 e. The average Bonchev–Trinajstić information content (AvgIpc) is 2.94. The molecule has 0 aromatic carbocycles. The lowest BCUT2D eigenvalue weighted by atomic mass is 9.90. The molecule has 1 aromatic heterocycles. The summed E-state index contributed by atoms with van der Waals surface area (Å²) in [6, 6.07) is 0. The first-order valence-electron chi connectivity index (χ1n) is 7.34. The topological polar surface area (TPSA) is 90.0 Å². The summed E-state index contributed by atoms with van der Waals surface area (Å²) in [4.78, 5) is 0.241. The van der Waals surface area contributed by atoms with Crippen molar-refractivity contribution in [2.75, 3.05) is 13.1 Å². The molecule has 1 aromatic rings. The summed E-state index contributed by atoms with van der Waals surface area (Å²) in [6.45, 7) is 1.76. The van der Waals surface area contributed by atoms with E-state index in [2.05, 4.69) is 9.82 Å². The van der Waals surface area contributed by atoms with E-state index in [0.717, 1.165) is 19.3 Å². The van der Waals surface area contributed by atoms with Crippen molar-refractivity contribution in [3.05, 3.63) is 12.4 Å². The highest BCUT2D eigenvalue weighted by Crippen LogP contribution is 2.23. The maximum atomic E-state index is 12.2. The minimum Gasteiger partial charge on any atom is -0.330 e. The van der Waals surface area contributed by atoms with Gasteiger partial charge in [-0.3, -0.25) is 4.68 Å². The molecule has 0 saturated heterocycles. The van der Waals surface area contributed by atoms with Crippen LogP contribution < -0.4 is 10.5 Å². The lowest BCUT2D eigenvalue weighted by molar-refractivity contribution is 0.357. The van der Waals surface area contributed by atoms with Crippen LogP contribution in [0.4, 0.5) is 0 Å². The van der Waals surface area contributed by atoms with E-state index in [1.165, 1.54) is 25.5 Å². The van der Waals surface area contributed by atoms with E-state index in [0.29, 0.717) is 25.6 Å². The number of nitrogens with zero attached hydrogens (tertiary/aromatic N) is 2. The molecule has 0 bridgehead atoms. The Morgan fingerprint density at radius 3 is 2.80 bits per heavy atom. The first kappa shape index (κ1) is 15.5. The first-order valence-corrected chi connectivity index (χ1v) is 8.82. The molecule has 2 rings (SSSR count). The summed E-state index contributed by atoms with van der Waals surface area (Å²) < 4.78 is 28.7. The van der Waals surface area contributed by atoms with Crippen molar-refractivity contribution >= 4 is 10.0 Å². The molecule has 6 nitrogen and oxygen atoms in total. The molecule has 1 fully saturated rings. The molecular weight excluding hydrogens is 276 g/mol. The van der Waals surface area contributed by atoms with Gasteiger partial charge in [-0.15, -0.1) is 0 Å². The largest absolute Gasteiger partial charge is 0.330 e. The quantitative estimate of drug-likeness (QED) is 0.788. The minimum atomic E-state index is -3.43. The molecule has 1 aliphatic carbocycles. The SMILES string of the molecule is NCCCn1cc(S(=O)(=O)NCC2CCCCC2)cn1. The summed E-state index contributed by atoms with van der Waals surface area (Å²) in [5.74, 6) is 0.478. The van der Waals surface area contributed by atoms with Crippen molar-refractivity contribution < 1.29 is 8.42 Å². The number of sulfonamides is 1. The molecule has 114 valence electrons. The van der Waals surface area contributed by atoms with Crippen molar-refractivity contribution in [2.45, 2.75) is 50.0 Å². The van der Waals surface area contributed by atoms with Crippen molar-refractivity contribution in [1.29, 1.82) is 0 Å². The second kappa shape index (κ2) is 7.19. The Labute approximate surface area is 120 Å². The van der Waals surface area contributed by atoms with Gasteiger partial charge in [-0.25, -0.2) is 13.1 Å². The van der Waals surface area contributed by atoms with Gasteiger partial charge in [0.25, 0.3) is 0 Å². The third kappa shape index (κ3) is 4.29. The first-order chi connectivity index (χ1) is 9.62. The van der Waals surface area contributed by atoms with Crippen LogP contribution in [0.1, 0.15) is 38.5 Å². The van der Waals surface area contributed by atoms with Crippen molar-refractivity contribution in [1.82, 2.24) is 14.5 Å². The van der Waals surface area contributed by atoms with Gasteiger partial charge in [-0.2, -0.15) is 5.10 Å². The van der Waals surface area contributed by atoms with E-state index >= 15 is 0 Å². The lowest BCUT2D eigenvalue weighted by Gasteiger charge is -2.21. The van der Waals surface area contributed by atoms with Crippen LogP contribution in [0.3, 0.4) is 0 Å². The Morgan fingerprint density at radius 1 is 1.35 bits per heavy atom. The summed E-state index contributed by atoms with van der Waals surface area (Å²) in [7, 11) is -3.43. The Bertz CT molecular complexity index is 506. The summed E-state index contributed by atoms with van der Waals surface area (Å²) in [5, 5.41) is 4.06. The van der Waals surface area contributed by atoms with Crippen molar-refractivity contribution in [3.8, 4) is 0 Å². The van der Waals surface area contributed by atoms with Gasteiger partial charge < -0.3 is 5.73 Å². The number of nitrogens with two attached hydrogens (primary N) is 1. The zero-order valence-corrected chi connectivity index (χ0v) is 12.6. The van der Waals surface area contributed by atoms with Crippen LogP contribution in [0.15, 0.2) is 17.3 Å². The second-order valence-electron chi connectivity index (χ2n) is 5.44. The van der Waals surface area contributed by atoms with Gasteiger partial charge in [0, 0.05) is 19.3 Å². The Kier molecular flexibility index (Phi) is 5.56. The van der Waals surface area contributed by atoms with Gasteiger partial charge in [0.2, 0.25) is 10.0 Å². The number of aromatic nitrogens is 2. The maximum Gasteiger partial charge on any atom is 0.243 e. The number of rotatable bonds is 7. The van der Waals surface area contributed by atoms with Gasteiger partial charge >= 0.3 is 0 Å². The predicted octanol–water partition coefficient (Wildman–Crippen LogP) is 1.09. The maximum absolute atomic E-state index is 12.2. The molecule has 0 unspecified atom stereocenters. The van der Waals surface area contributed by atoms with Gasteiger partial charge in [0.15, 0.2) is 0 Å². The van der Waals surface area contributed by atoms with Crippen LogP contribution in [-0.4, -0.2) is 31.3 Å². The molecular formula is C13H24N4O2S. The van der Waals surface area contributed by atoms with Gasteiger partial charge in [-0.1, -0.05) is 19.3 Å². The Morgan fingerprint density at radius 2 is 2.10 bits per heavy atom. The Balaban J connectivity index is 1.90. The summed E-state index contributed by atoms with van der Waals surface area (Å²) in [5.41, 5.74) is 5.43. The zero-order chi connectivity index (χ0) is 14.4. The van der Waals surface area contributed by atoms with Crippen LogP contribution in [-0.2, 0) is 16.6 Å². The third-order valence-corrected chi connectivity index (χ3v) is 5.18. The summed E-state index contributed by atoms with van der Waals surface area (Å²) >= 11 is 0. The molecule has 0 aliphatic heterocycles. The molecule has 0 radical (unpaired) electrons. The fraction of sp³-hybridized carbons (Fsp3) is 0.769.